The van der Waals surface area contributed by atoms with Crippen molar-refractivity contribution < 1.29 is 34.4 Å². The first-order chi connectivity index (χ1) is 27.0. The minimum absolute atomic E-state index is 0.0335. The van der Waals surface area contributed by atoms with E-state index in [1.54, 1.807) is 31.4 Å². The summed E-state index contributed by atoms with van der Waals surface area (Å²) in [6, 6.07) is 17.3. The van der Waals surface area contributed by atoms with Gasteiger partial charge >= 0.3 is 0 Å². The van der Waals surface area contributed by atoms with Crippen LogP contribution in [0.4, 0.5) is 0 Å². The summed E-state index contributed by atoms with van der Waals surface area (Å²) in [7, 11) is 3.48. The number of aldehydes is 1. The molecule has 0 radical (unpaired) electrons. The molecular formula is C41H49ClN4O8S2. The number of methoxy groups -OCH3 is 2. The molecule has 15 heteroatoms. The van der Waals surface area contributed by atoms with E-state index in [0.717, 1.165) is 48.0 Å². The second-order valence-electron chi connectivity index (χ2n) is 14.0. The van der Waals surface area contributed by atoms with Crippen molar-refractivity contribution in [3.05, 3.63) is 113 Å². The van der Waals surface area contributed by atoms with Crippen molar-refractivity contribution in [1.29, 1.82) is 0 Å². The molecule has 1 aliphatic heterocycles. The number of phenolic OH excluding ortho intramolecular Hbond substituents is 1. The molecule has 5 aromatic rings. The molecule has 4 heterocycles. The van der Waals surface area contributed by atoms with Crippen molar-refractivity contribution in [2.45, 2.75) is 56.5 Å². The molecule has 7 N–H and O–H groups in total. The molecule has 2 aromatic carbocycles. The van der Waals surface area contributed by atoms with Crippen LogP contribution in [0.3, 0.4) is 0 Å². The zero-order valence-corrected chi connectivity index (χ0v) is 33.8. The van der Waals surface area contributed by atoms with Crippen molar-refractivity contribution in [1.82, 2.24) is 15.2 Å². The molecule has 1 atom stereocenters. The summed E-state index contributed by atoms with van der Waals surface area (Å²) in [6.07, 6.45) is 6.23. The number of ether oxygens (including phenoxy) is 2. The highest BCUT2D eigenvalue weighted by Crippen LogP contribution is 2.50. The smallest absolute Gasteiger partial charge is 0.248 e. The molecule has 2 aliphatic rings. The number of nitrogens with zero attached hydrogens (tertiary/aromatic N) is 1. The number of halogens is 1. The third-order valence-corrected chi connectivity index (χ3v) is 12.9. The van der Waals surface area contributed by atoms with Crippen LogP contribution in [-0.2, 0) is 32.9 Å². The standard InChI is InChI=1S/C30H38ClN3O5.C10H8O2S2.CH3NO/c1-38-21-15-30(16-21)8-11-34(12-9-30)10-7-19-14-27(39-2)20(13-24(19)31)17-32-18-26(36)22-3-5-25(35)29-23(22)4-6-28(37)33-29;11-7-10(12,8-3-1-5-13-8)9-4-2-6-14-9;2-1-3/h3-6,13-14,21,26,32,35-36H,7-12,15-18H2,1-2H3,(H,33,37);1-7,12H;1H,(H2,2,3). The summed E-state index contributed by atoms with van der Waals surface area (Å²) >= 11 is 9.45. The maximum Gasteiger partial charge on any atom is 0.248 e. The van der Waals surface area contributed by atoms with Crippen LogP contribution in [0, 0.1) is 5.41 Å². The number of nitrogens with two attached hydrogens (primary N) is 1. The summed E-state index contributed by atoms with van der Waals surface area (Å²) in [5, 5.41) is 39.4. The molecule has 1 unspecified atom stereocenters. The van der Waals surface area contributed by atoms with E-state index in [4.69, 9.17) is 25.9 Å². The van der Waals surface area contributed by atoms with Gasteiger partial charge in [0.1, 0.15) is 11.5 Å². The van der Waals surface area contributed by atoms with Crippen LogP contribution in [-0.4, -0.2) is 84.4 Å². The Morgan fingerprint density at radius 1 is 1.05 bits per heavy atom. The van der Waals surface area contributed by atoms with Crippen LogP contribution in [0.15, 0.2) is 76.2 Å². The van der Waals surface area contributed by atoms with Crippen molar-refractivity contribution in [3.8, 4) is 11.5 Å². The van der Waals surface area contributed by atoms with Gasteiger partial charge in [-0.15, -0.1) is 22.7 Å². The van der Waals surface area contributed by atoms with Crippen LogP contribution in [0.1, 0.15) is 58.2 Å². The van der Waals surface area contributed by atoms with Crippen LogP contribution in [0.5, 0.6) is 11.5 Å². The first kappa shape index (κ1) is 43.0. The van der Waals surface area contributed by atoms with Crippen molar-refractivity contribution in [2.75, 3.05) is 40.4 Å². The monoisotopic (exact) mass is 824 g/mol. The minimum Gasteiger partial charge on any atom is -0.506 e. The quantitative estimate of drug-likeness (QED) is 0.0829. The van der Waals surface area contributed by atoms with Gasteiger partial charge in [0.15, 0.2) is 11.9 Å². The van der Waals surface area contributed by atoms with E-state index >= 15 is 0 Å². The van der Waals surface area contributed by atoms with Crippen molar-refractivity contribution in [3.63, 3.8) is 0 Å². The lowest BCUT2D eigenvalue weighted by molar-refractivity contribution is -0.120. The highest BCUT2D eigenvalue weighted by Gasteiger charge is 2.45. The summed E-state index contributed by atoms with van der Waals surface area (Å²) < 4.78 is 11.2. The fourth-order valence-corrected chi connectivity index (χ4v) is 9.34. The summed E-state index contributed by atoms with van der Waals surface area (Å²) in [6.45, 7) is 3.96. The van der Waals surface area contributed by atoms with Crippen LogP contribution < -0.4 is 21.3 Å². The Bertz CT molecular complexity index is 2040. The lowest BCUT2D eigenvalue weighted by Gasteiger charge is -2.51. The number of aliphatic hydroxyl groups excluding tert-OH is 1. The highest BCUT2D eigenvalue weighted by molar-refractivity contribution is 7.12. The molecule has 56 heavy (non-hydrogen) atoms. The SMILES string of the molecule is COc1cc(CCN2CCC3(CC2)CC(OC)C3)c(Cl)cc1CNCC(O)c1ccc(O)c2[nH]c(=O)ccc12.NC=O.O=CC(O)(c1cccs1)c1cccs1. The number of likely N-dealkylation sites (tertiary alicyclic amines) is 1. The third-order valence-electron chi connectivity index (χ3n) is 10.6. The molecule has 1 amide bonds. The van der Waals surface area contributed by atoms with Gasteiger partial charge in [-0.05, 0) is 109 Å². The molecule has 7 rings (SSSR count). The van der Waals surface area contributed by atoms with Gasteiger partial charge in [-0.25, -0.2) is 0 Å². The van der Waals surface area contributed by atoms with Gasteiger partial charge < -0.3 is 45.7 Å². The van der Waals surface area contributed by atoms with Gasteiger partial charge in [0.25, 0.3) is 0 Å². The topological polar surface area (TPSA) is 187 Å². The fourth-order valence-electron chi connectivity index (χ4n) is 7.40. The largest absolute Gasteiger partial charge is 0.506 e. The number of phenols is 1. The Labute approximate surface area is 338 Å². The molecule has 1 spiro atoms. The van der Waals surface area contributed by atoms with E-state index in [0.29, 0.717) is 50.6 Å². The number of aromatic hydroxyl groups is 1. The number of carbonyl (C=O) groups excluding carboxylic acids is 2. The maximum absolute atomic E-state index is 11.7. The first-order valence-electron chi connectivity index (χ1n) is 18.3. The Morgan fingerprint density at radius 2 is 1.71 bits per heavy atom. The molecule has 2 fully saturated rings. The molecule has 12 nitrogen and oxygen atoms in total. The molecule has 300 valence electrons. The van der Waals surface area contributed by atoms with Crippen LogP contribution >= 0.6 is 34.3 Å². The Morgan fingerprint density at radius 3 is 2.29 bits per heavy atom. The predicted molar refractivity (Wildman–Crippen MR) is 221 cm³/mol. The number of aromatic nitrogens is 1. The Kier molecular flexibility index (Phi) is 15.2. The highest BCUT2D eigenvalue weighted by atomic mass is 35.5. The number of primary amides is 1. The number of carbonyl (C=O) groups is 2. The predicted octanol–water partition coefficient (Wildman–Crippen LogP) is 5.50. The number of aromatic amines is 1. The van der Waals surface area contributed by atoms with Crippen molar-refractivity contribution >= 4 is 57.9 Å². The average molecular weight is 825 g/mol. The number of amides is 1. The maximum atomic E-state index is 11.7. The molecule has 0 bridgehead atoms. The summed E-state index contributed by atoms with van der Waals surface area (Å²) in [4.78, 5) is 37.7. The number of fused-ring (bicyclic) bond motifs is 1. The first-order valence-corrected chi connectivity index (χ1v) is 20.4. The van der Waals surface area contributed by atoms with E-state index in [1.165, 1.54) is 60.5 Å². The lowest BCUT2D eigenvalue weighted by Crippen LogP contribution is -2.49. The summed E-state index contributed by atoms with van der Waals surface area (Å²) in [5.74, 6) is 0.732. The number of nitrogens with one attached hydrogen (secondary N) is 2. The van der Waals surface area contributed by atoms with Gasteiger partial charge in [-0.1, -0.05) is 29.8 Å². The number of hydrogen-bond acceptors (Lipinski definition) is 12. The van der Waals surface area contributed by atoms with Gasteiger partial charge in [0.05, 0.1) is 24.8 Å². The number of aliphatic hydroxyl groups is 2. The lowest BCUT2D eigenvalue weighted by atomic mass is 9.61. The minimum atomic E-state index is -1.46. The third kappa shape index (κ3) is 10.2. The molecular weight excluding hydrogens is 776 g/mol. The number of piperidine rings is 1. The van der Waals surface area contributed by atoms with Crippen LogP contribution in [0.2, 0.25) is 5.02 Å². The summed E-state index contributed by atoms with van der Waals surface area (Å²) in [5.41, 5.74) is 5.83. The number of benzene rings is 2. The number of pyridine rings is 1. The average Bonchev–Trinajstić information content (AvgIpc) is 3.94. The van der Waals surface area contributed by atoms with E-state index in [9.17, 15) is 24.9 Å². The van der Waals surface area contributed by atoms with Gasteiger partial charge in [0, 0.05) is 58.5 Å². The van der Waals surface area contributed by atoms with E-state index < -0.39 is 11.7 Å². The molecule has 3 aromatic heterocycles. The molecule has 1 saturated heterocycles. The Hall–Kier alpha value is -4.12. The number of thiophene rings is 2. The van der Waals surface area contributed by atoms with Crippen LogP contribution in [0.25, 0.3) is 10.9 Å². The second kappa shape index (κ2) is 19.8. The van der Waals surface area contributed by atoms with Crippen molar-refractivity contribution in [2.24, 2.45) is 11.1 Å². The second-order valence-corrected chi connectivity index (χ2v) is 16.3. The zero-order chi connectivity index (χ0) is 40.3. The van der Waals surface area contributed by atoms with E-state index in [-0.39, 0.29) is 24.3 Å². The van der Waals surface area contributed by atoms with Gasteiger partial charge in [0.2, 0.25) is 12.0 Å². The number of rotatable bonds is 13. The van der Waals surface area contributed by atoms with E-state index in [1.807, 2.05) is 42.1 Å². The normalized spacial score (nSPS) is 15.9. The molecule has 1 saturated carbocycles. The van der Waals surface area contributed by atoms with Gasteiger partial charge in [-0.2, -0.15) is 0 Å². The van der Waals surface area contributed by atoms with E-state index in [2.05, 4.69) is 20.9 Å². The molecule has 1 aliphatic carbocycles. The number of hydrogen-bond donors (Lipinski definition) is 6. The zero-order valence-electron chi connectivity index (χ0n) is 31.4. The fraction of sp³-hybridized carbons (Fsp3) is 0.390. The van der Waals surface area contributed by atoms with Gasteiger partial charge in [-0.3, -0.25) is 14.4 Å². The Balaban J connectivity index is 0.000000292. The number of H-pyrrole nitrogens is 1.